The van der Waals surface area contributed by atoms with Crippen molar-refractivity contribution in [1.82, 2.24) is 9.80 Å². The largest absolute Gasteiger partial charge is 0.339 e. The average molecular weight is 265 g/mol. The smallest absolute Gasteiger partial charge is 0.229 e. The molecule has 2 atom stereocenters. The molecule has 5 heteroatoms. The summed E-state index contributed by atoms with van der Waals surface area (Å²) in [5, 5.41) is 0. The van der Waals surface area contributed by atoms with Crippen LogP contribution in [-0.4, -0.2) is 53.8 Å². The second kappa shape index (κ2) is 5.74. The van der Waals surface area contributed by atoms with Crippen LogP contribution in [0, 0.1) is 11.8 Å². The summed E-state index contributed by atoms with van der Waals surface area (Å²) in [6.45, 7) is 6.37. The first kappa shape index (κ1) is 14.1. The van der Waals surface area contributed by atoms with Gasteiger partial charge in [-0.2, -0.15) is 0 Å². The third kappa shape index (κ3) is 3.15. The first-order valence-corrected chi connectivity index (χ1v) is 7.00. The molecule has 106 valence electrons. The Morgan fingerprint density at radius 2 is 1.68 bits per heavy atom. The molecule has 5 nitrogen and oxygen atoms in total. The van der Waals surface area contributed by atoms with Gasteiger partial charge < -0.3 is 15.5 Å². The normalized spacial score (nSPS) is 27.2. The van der Waals surface area contributed by atoms with Crippen molar-refractivity contribution in [3.63, 3.8) is 0 Å². The molecule has 0 bridgehead atoms. The fourth-order valence-electron chi connectivity index (χ4n) is 2.66. The molecule has 0 aromatic heterocycles. The van der Waals surface area contributed by atoms with Crippen LogP contribution in [0.15, 0.2) is 12.2 Å². The summed E-state index contributed by atoms with van der Waals surface area (Å²) in [6, 6.07) is 0.0118. The molecule has 1 saturated heterocycles. The lowest BCUT2D eigenvalue weighted by molar-refractivity contribution is -0.142. The Bertz CT molecular complexity index is 384. The number of carbonyl (C=O) groups excluding carboxylic acids is 2. The van der Waals surface area contributed by atoms with Gasteiger partial charge in [-0.05, 0) is 6.42 Å². The van der Waals surface area contributed by atoms with Gasteiger partial charge in [0.2, 0.25) is 11.8 Å². The molecule has 2 unspecified atom stereocenters. The number of hydrogen-bond acceptors (Lipinski definition) is 3. The molecular formula is C14H23N3O2. The van der Waals surface area contributed by atoms with Gasteiger partial charge >= 0.3 is 0 Å². The number of carbonyl (C=O) groups is 2. The first-order chi connectivity index (χ1) is 8.99. The van der Waals surface area contributed by atoms with E-state index in [4.69, 9.17) is 5.73 Å². The quantitative estimate of drug-likeness (QED) is 0.726. The molecule has 2 N–H and O–H groups in total. The standard InChI is InChI=1S/C14H23N3O2/c1-10(2)13(18)16-5-7-17(8-6-16)14(19)11-3-4-12(15)9-11/h3-4,10-12H,5-9,15H2,1-2H3. The zero-order valence-electron chi connectivity index (χ0n) is 11.7. The lowest BCUT2D eigenvalue weighted by atomic mass is 10.1. The van der Waals surface area contributed by atoms with Gasteiger partial charge in [-0.15, -0.1) is 0 Å². The lowest BCUT2D eigenvalue weighted by Gasteiger charge is -2.36. The number of rotatable bonds is 2. The number of amides is 2. The van der Waals surface area contributed by atoms with E-state index in [1.165, 1.54) is 0 Å². The van der Waals surface area contributed by atoms with Crippen LogP contribution in [0.5, 0.6) is 0 Å². The maximum atomic E-state index is 12.3. The zero-order valence-corrected chi connectivity index (χ0v) is 11.7. The van der Waals surface area contributed by atoms with Crippen molar-refractivity contribution in [1.29, 1.82) is 0 Å². The molecule has 0 radical (unpaired) electrons. The zero-order chi connectivity index (χ0) is 14.0. The summed E-state index contributed by atoms with van der Waals surface area (Å²) < 4.78 is 0. The lowest BCUT2D eigenvalue weighted by Crippen LogP contribution is -2.52. The molecule has 0 aromatic carbocycles. The average Bonchev–Trinajstić information content (AvgIpc) is 2.84. The Kier molecular flexibility index (Phi) is 4.24. The minimum absolute atomic E-state index is 0.0118. The Morgan fingerprint density at radius 3 is 2.16 bits per heavy atom. The maximum absolute atomic E-state index is 12.3. The van der Waals surface area contributed by atoms with E-state index in [1.807, 2.05) is 35.8 Å². The Labute approximate surface area is 114 Å². The second-order valence-electron chi connectivity index (χ2n) is 5.70. The molecule has 1 aliphatic heterocycles. The number of piperazine rings is 1. The minimum atomic E-state index is -0.0673. The molecule has 1 fully saturated rings. The summed E-state index contributed by atoms with van der Waals surface area (Å²) in [5.74, 6) is 0.288. The van der Waals surface area contributed by atoms with Crippen molar-refractivity contribution in [2.75, 3.05) is 26.2 Å². The van der Waals surface area contributed by atoms with Crippen LogP contribution in [0.1, 0.15) is 20.3 Å². The van der Waals surface area contributed by atoms with Crippen molar-refractivity contribution in [2.24, 2.45) is 17.6 Å². The van der Waals surface area contributed by atoms with Gasteiger partial charge in [-0.3, -0.25) is 9.59 Å². The molecule has 1 heterocycles. The molecule has 2 aliphatic rings. The third-order valence-corrected chi connectivity index (χ3v) is 3.83. The number of hydrogen-bond donors (Lipinski definition) is 1. The maximum Gasteiger partial charge on any atom is 0.229 e. The summed E-state index contributed by atoms with van der Waals surface area (Å²) in [5.41, 5.74) is 5.78. The third-order valence-electron chi connectivity index (χ3n) is 3.83. The van der Waals surface area contributed by atoms with Gasteiger partial charge in [-0.25, -0.2) is 0 Å². The van der Waals surface area contributed by atoms with Crippen LogP contribution >= 0.6 is 0 Å². The highest BCUT2D eigenvalue weighted by atomic mass is 16.2. The van der Waals surface area contributed by atoms with Crippen LogP contribution in [-0.2, 0) is 9.59 Å². The fraction of sp³-hybridized carbons (Fsp3) is 0.714. The van der Waals surface area contributed by atoms with Crippen molar-refractivity contribution >= 4 is 11.8 Å². The summed E-state index contributed by atoms with van der Waals surface area (Å²) in [6.07, 6.45) is 4.53. The molecule has 2 amide bonds. The highest BCUT2D eigenvalue weighted by molar-refractivity contribution is 5.82. The van der Waals surface area contributed by atoms with Crippen molar-refractivity contribution in [2.45, 2.75) is 26.3 Å². The van der Waals surface area contributed by atoms with Crippen LogP contribution in [0.4, 0.5) is 0 Å². The number of nitrogens with zero attached hydrogens (tertiary/aromatic N) is 2. The van der Waals surface area contributed by atoms with Gasteiger partial charge in [0.15, 0.2) is 0 Å². The minimum Gasteiger partial charge on any atom is -0.339 e. The predicted molar refractivity (Wildman–Crippen MR) is 73.2 cm³/mol. The summed E-state index contributed by atoms with van der Waals surface area (Å²) in [7, 11) is 0. The first-order valence-electron chi connectivity index (χ1n) is 7.00. The van der Waals surface area contributed by atoms with E-state index in [2.05, 4.69) is 0 Å². The monoisotopic (exact) mass is 265 g/mol. The van der Waals surface area contributed by atoms with Gasteiger partial charge in [0, 0.05) is 38.1 Å². The predicted octanol–water partition coefficient (Wildman–Crippen LogP) is 0.217. The van der Waals surface area contributed by atoms with E-state index >= 15 is 0 Å². The topological polar surface area (TPSA) is 66.6 Å². The highest BCUT2D eigenvalue weighted by Crippen LogP contribution is 2.20. The van der Waals surface area contributed by atoms with Crippen LogP contribution < -0.4 is 5.73 Å². The van der Waals surface area contributed by atoms with Gasteiger partial charge in [0.05, 0.1) is 5.92 Å². The molecule has 0 aromatic rings. The van der Waals surface area contributed by atoms with Crippen LogP contribution in [0.3, 0.4) is 0 Å². The van der Waals surface area contributed by atoms with E-state index in [9.17, 15) is 9.59 Å². The van der Waals surface area contributed by atoms with E-state index in [1.54, 1.807) is 0 Å². The highest BCUT2D eigenvalue weighted by Gasteiger charge is 2.30. The molecule has 2 rings (SSSR count). The van der Waals surface area contributed by atoms with Gasteiger partial charge in [0.25, 0.3) is 0 Å². The van der Waals surface area contributed by atoms with Crippen molar-refractivity contribution in [3.05, 3.63) is 12.2 Å². The SMILES string of the molecule is CC(C)C(=O)N1CCN(C(=O)C2C=CC(N)C2)CC1. The van der Waals surface area contributed by atoms with Crippen molar-refractivity contribution < 1.29 is 9.59 Å². The van der Waals surface area contributed by atoms with E-state index in [-0.39, 0.29) is 29.7 Å². The fourth-order valence-corrected chi connectivity index (χ4v) is 2.66. The Balaban J connectivity index is 1.85. The number of nitrogens with two attached hydrogens (primary N) is 1. The van der Waals surface area contributed by atoms with Crippen LogP contribution in [0.25, 0.3) is 0 Å². The molecule has 1 aliphatic carbocycles. The van der Waals surface area contributed by atoms with Gasteiger partial charge in [-0.1, -0.05) is 26.0 Å². The van der Waals surface area contributed by atoms with Crippen LogP contribution in [0.2, 0.25) is 0 Å². The molecule has 19 heavy (non-hydrogen) atoms. The molecular weight excluding hydrogens is 242 g/mol. The summed E-state index contributed by atoms with van der Waals surface area (Å²) in [4.78, 5) is 27.9. The molecule has 0 saturated carbocycles. The Hall–Kier alpha value is -1.36. The van der Waals surface area contributed by atoms with E-state index in [0.29, 0.717) is 32.6 Å². The molecule has 0 spiro atoms. The summed E-state index contributed by atoms with van der Waals surface area (Å²) >= 11 is 0. The van der Waals surface area contributed by atoms with E-state index in [0.717, 1.165) is 0 Å². The van der Waals surface area contributed by atoms with E-state index < -0.39 is 0 Å². The Morgan fingerprint density at radius 1 is 1.11 bits per heavy atom. The van der Waals surface area contributed by atoms with Crippen molar-refractivity contribution in [3.8, 4) is 0 Å². The second-order valence-corrected chi connectivity index (χ2v) is 5.70. The van der Waals surface area contributed by atoms with Gasteiger partial charge in [0.1, 0.15) is 0 Å².